The number of para-hydroxylation sites is 2. The summed E-state index contributed by atoms with van der Waals surface area (Å²) >= 11 is 0. The lowest BCUT2D eigenvalue weighted by Crippen LogP contribution is -2.39. The van der Waals surface area contributed by atoms with Crippen LogP contribution in [0.1, 0.15) is 13.8 Å². The van der Waals surface area contributed by atoms with Gasteiger partial charge in [-0.2, -0.15) is 0 Å². The Morgan fingerprint density at radius 2 is 1.89 bits per heavy atom. The fraction of sp³-hybridized carbons (Fsp3) is 0.611. The van der Waals surface area contributed by atoms with Crippen LogP contribution in [0.3, 0.4) is 0 Å². The van der Waals surface area contributed by atoms with Crippen molar-refractivity contribution in [3.05, 3.63) is 24.3 Å². The van der Waals surface area contributed by atoms with Crippen LogP contribution >= 0.6 is 0 Å². The zero-order chi connectivity index (χ0) is 20.1. The summed E-state index contributed by atoms with van der Waals surface area (Å²) < 4.78 is 38.5. The Morgan fingerprint density at radius 1 is 1.19 bits per heavy atom. The van der Waals surface area contributed by atoms with Crippen molar-refractivity contribution >= 4 is 15.8 Å². The number of ether oxygens (including phenoxy) is 3. The fourth-order valence-corrected chi connectivity index (χ4v) is 2.51. The molecule has 27 heavy (non-hydrogen) atoms. The largest absolute Gasteiger partial charge is 0.493 e. The van der Waals surface area contributed by atoms with E-state index in [1.54, 1.807) is 7.11 Å². The molecule has 1 unspecified atom stereocenters. The predicted molar refractivity (Wildman–Crippen MR) is 108 cm³/mol. The third kappa shape index (κ3) is 10.7. The minimum absolute atomic E-state index is 0.0267. The van der Waals surface area contributed by atoms with Gasteiger partial charge >= 0.3 is 0 Å². The van der Waals surface area contributed by atoms with Crippen molar-refractivity contribution in [2.75, 3.05) is 52.0 Å². The third-order valence-corrected chi connectivity index (χ3v) is 4.29. The summed E-state index contributed by atoms with van der Waals surface area (Å²) in [5.74, 6) is 2.04. The number of hydrogen-bond donors (Lipinski definition) is 2. The van der Waals surface area contributed by atoms with E-state index in [0.717, 1.165) is 6.54 Å². The molecular formula is C18H31N3O5S. The van der Waals surface area contributed by atoms with Crippen LogP contribution in [0.5, 0.6) is 11.5 Å². The van der Waals surface area contributed by atoms with Gasteiger partial charge in [0.25, 0.3) is 0 Å². The van der Waals surface area contributed by atoms with Crippen molar-refractivity contribution in [1.29, 1.82) is 0 Å². The van der Waals surface area contributed by atoms with Crippen LogP contribution in [-0.2, 0) is 14.6 Å². The van der Waals surface area contributed by atoms with Crippen LogP contribution < -0.4 is 20.1 Å². The molecule has 0 bridgehead atoms. The predicted octanol–water partition coefficient (Wildman–Crippen LogP) is 1.08. The van der Waals surface area contributed by atoms with E-state index >= 15 is 0 Å². The lowest BCUT2D eigenvalue weighted by atomic mass is 10.3. The van der Waals surface area contributed by atoms with Crippen molar-refractivity contribution in [2.24, 2.45) is 4.99 Å². The van der Waals surface area contributed by atoms with Gasteiger partial charge in [-0.05, 0) is 26.0 Å². The van der Waals surface area contributed by atoms with Crippen molar-refractivity contribution in [1.82, 2.24) is 10.6 Å². The molecule has 0 aliphatic rings. The van der Waals surface area contributed by atoms with Crippen molar-refractivity contribution in [3.63, 3.8) is 0 Å². The lowest BCUT2D eigenvalue weighted by molar-refractivity contribution is 0.154. The van der Waals surface area contributed by atoms with E-state index in [2.05, 4.69) is 15.6 Å². The highest BCUT2D eigenvalue weighted by Gasteiger charge is 2.08. The van der Waals surface area contributed by atoms with Gasteiger partial charge in [0.15, 0.2) is 17.5 Å². The molecule has 154 valence electrons. The van der Waals surface area contributed by atoms with Gasteiger partial charge < -0.3 is 24.8 Å². The van der Waals surface area contributed by atoms with Crippen LogP contribution in [0.4, 0.5) is 0 Å². The molecule has 0 saturated carbocycles. The molecule has 9 heteroatoms. The second-order valence-corrected chi connectivity index (χ2v) is 8.23. The molecule has 0 amide bonds. The van der Waals surface area contributed by atoms with Gasteiger partial charge in [0.1, 0.15) is 15.9 Å². The Bertz CT molecular complexity index is 679. The van der Waals surface area contributed by atoms with E-state index in [-0.39, 0.29) is 18.5 Å². The van der Waals surface area contributed by atoms with Gasteiger partial charge in [-0.3, -0.25) is 0 Å². The summed E-state index contributed by atoms with van der Waals surface area (Å²) in [6.45, 7) is 6.22. The second kappa shape index (κ2) is 12.4. The molecule has 0 aliphatic carbocycles. The smallest absolute Gasteiger partial charge is 0.191 e. The number of nitrogens with zero attached hydrogens (tertiary/aromatic N) is 1. The van der Waals surface area contributed by atoms with Gasteiger partial charge in [-0.25, -0.2) is 13.4 Å². The van der Waals surface area contributed by atoms with Gasteiger partial charge in [-0.15, -0.1) is 0 Å². The first-order valence-electron chi connectivity index (χ1n) is 8.93. The van der Waals surface area contributed by atoms with Crippen LogP contribution in [0, 0.1) is 0 Å². The van der Waals surface area contributed by atoms with E-state index in [4.69, 9.17) is 14.2 Å². The molecule has 0 aliphatic heterocycles. The average molecular weight is 402 g/mol. The summed E-state index contributed by atoms with van der Waals surface area (Å²) in [7, 11) is -1.38. The number of sulfone groups is 1. The minimum atomic E-state index is -2.99. The molecule has 0 spiro atoms. The average Bonchev–Trinajstić information content (AvgIpc) is 2.62. The molecule has 0 aromatic heterocycles. The first-order chi connectivity index (χ1) is 12.9. The zero-order valence-electron chi connectivity index (χ0n) is 16.5. The van der Waals surface area contributed by atoms with E-state index in [9.17, 15) is 8.42 Å². The number of nitrogens with one attached hydrogen (secondary N) is 2. The Labute approximate surface area is 162 Å². The molecule has 0 saturated heterocycles. The van der Waals surface area contributed by atoms with Gasteiger partial charge in [-0.1, -0.05) is 12.1 Å². The highest BCUT2D eigenvalue weighted by Crippen LogP contribution is 2.26. The topological polar surface area (TPSA) is 98.2 Å². The summed E-state index contributed by atoms with van der Waals surface area (Å²) in [5, 5.41) is 6.29. The first kappa shape index (κ1) is 23.0. The lowest BCUT2D eigenvalue weighted by Gasteiger charge is -2.16. The summed E-state index contributed by atoms with van der Waals surface area (Å²) in [6, 6.07) is 7.49. The molecule has 1 rings (SSSR count). The third-order valence-electron chi connectivity index (χ3n) is 3.39. The number of rotatable bonds is 12. The van der Waals surface area contributed by atoms with Crippen molar-refractivity contribution in [2.45, 2.75) is 20.0 Å². The van der Waals surface area contributed by atoms with E-state index in [1.807, 2.05) is 38.1 Å². The number of hydrogen-bond acceptors (Lipinski definition) is 6. The van der Waals surface area contributed by atoms with E-state index in [1.165, 1.54) is 6.26 Å². The maximum Gasteiger partial charge on any atom is 0.191 e. The normalized spacial score (nSPS) is 13.1. The standard InChI is InChI=1S/C18H31N3O5S/c1-5-19-18(20-10-11-25-12-13-27(4,22)23)21-14-15(2)26-17-9-7-6-8-16(17)24-3/h6-9,15H,5,10-14H2,1-4H3,(H2,19,20,21). The van der Waals surface area contributed by atoms with Gasteiger partial charge in [0, 0.05) is 19.3 Å². The van der Waals surface area contributed by atoms with Crippen molar-refractivity contribution in [3.8, 4) is 11.5 Å². The Morgan fingerprint density at radius 3 is 2.52 bits per heavy atom. The van der Waals surface area contributed by atoms with Crippen LogP contribution in [0.15, 0.2) is 29.3 Å². The summed E-state index contributed by atoms with van der Waals surface area (Å²) in [6.07, 6.45) is 1.06. The monoisotopic (exact) mass is 401 g/mol. The molecular weight excluding hydrogens is 370 g/mol. The maximum atomic E-state index is 11.0. The second-order valence-electron chi connectivity index (χ2n) is 5.97. The Kier molecular flexibility index (Phi) is 10.6. The minimum Gasteiger partial charge on any atom is -0.493 e. The van der Waals surface area contributed by atoms with Crippen molar-refractivity contribution < 1.29 is 22.6 Å². The molecule has 1 atom stereocenters. The molecule has 0 fully saturated rings. The maximum absolute atomic E-state index is 11.0. The molecule has 0 radical (unpaired) electrons. The number of methoxy groups -OCH3 is 1. The molecule has 2 N–H and O–H groups in total. The molecule has 8 nitrogen and oxygen atoms in total. The van der Waals surface area contributed by atoms with Gasteiger partial charge in [0.2, 0.25) is 0 Å². The zero-order valence-corrected chi connectivity index (χ0v) is 17.3. The van der Waals surface area contributed by atoms with Crippen LogP contribution in [-0.4, -0.2) is 72.4 Å². The first-order valence-corrected chi connectivity index (χ1v) is 11.0. The summed E-state index contributed by atoms with van der Waals surface area (Å²) in [4.78, 5) is 4.50. The van der Waals surface area contributed by atoms with Crippen LogP contribution in [0.25, 0.3) is 0 Å². The van der Waals surface area contributed by atoms with Crippen LogP contribution in [0.2, 0.25) is 0 Å². The number of benzene rings is 1. The molecule has 1 aromatic rings. The fourth-order valence-electron chi connectivity index (χ4n) is 2.09. The van der Waals surface area contributed by atoms with E-state index < -0.39 is 9.84 Å². The molecule has 1 aromatic carbocycles. The quantitative estimate of drug-likeness (QED) is 0.307. The number of guanidine groups is 1. The Balaban J connectivity index is 2.41. The number of aliphatic imine (C=N–C) groups is 1. The highest BCUT2D eigenvalue weighted by molar-refractivity contribution is 7.90. The van der Waals surface area contributed by atoms with Gasteiger partial charge in [0.05, 0.1) is 32.6 Å². The SMILES string of the molecule is CCNC(=NCC(C)Oc1ccccc1OC)NCCOCCS(C)(=O)=O. The molecule has 0 heterocycles. The van der Waals surface area contributed by atoms with E-state index in [0.29, 0.717) is 37.2 Å². The highest BCUT2D eigenvalue weighted by atomic mass is 32.2. The summed E-state index contributed by atoms with van der Waals surface area (Å²) in [5.41, 5.74) is 0. The Hall–Kier alpha value is -2.00.